The van der Waals surface area contributed by atoms with Crippen molar-refractivity contribution in [1.82, 2.24) is 10.6 Å². The lowest BCUT2D eigenvalue weighted by Gasteiger charge is -2.61. The van der Waals surface area contributed by atoms with Crippen molar-refractivity contribution in [2.75, 3.05) is 13.1 Å². The Morgan fingerprint density at radius 3 is 2.35 bits per heavy atom. The van der Waals surface area contributed by atoms with Crippen LogP contribution in [-0.2, 0) is 10.2 Å². The highest BCUT2D eigenvalue weighted by molar-refractivity contribution is 5.84. The van der Waals surface area contributed by atoms with Crippen molar-refractivity contribution < 1.29 is 9.90 Å². The summed E-state index contributed by atoms with van der Waals surface area (Å²) in [4.78, 5) is 13.4. The second-order valence-electron chi connectivity index (χ2n) is 9.57. The quantitative estimate of drug-likeness (QED) is 0.782. The number of nitrogens with one attached hydrogen (secondary N) is 2. The lowest BCUT2D eigenvalue weighted by atomic mass is 9.42. The highest BCUT2D eigenvalue weighted by Gasteiger charge is 2.61. The molecule has 140 valence electrons. The van der Waals surface area contributed by atoms with Crippen molar-refractivity contribution in [3.63, 3.8) is 0 Å². The van der Waals surface area contributed by atoms with E-state index in [4.69, 9.17) is 0 Å². The normalized spacial score (nSPS) is 39.1. The van der Waals surface area contributed by atoms with E-state index in [1.165, 1.54) is 24.8 Å². The van der Waals surface area contributed by atoms with Gasteiger partial charge in [0.2, 0.25) is 5.91 Å². The fourth-order valence-corrected chi connectivity index (χ4v) is 6.99. The van der Waals surface area contributed by atoms with Crippen molar-refractivity contribution in [3.05, 3.63) is 29.8 Å². The van der Waals surface area contributed by atoms with E-state index in [9.17, 15) is 9.90 Å². The molecule has 0 spiro atoms. The maximum Gasteiger partial charge on any atom is 0.226 e. The molecule has 4 saturated carbocycles. The third-order valence-corrected chi connectivity index (χ3v) is 7.70. The van der Waals surface area contributed by atoms with Gasteiger partial charge in [-0.15, -0.1) is 0 Å². The molecule has 4 bridgehead atoms. The first kappa shape index (κ1) is 16.6. The molecule has 1 aliphatic heterocycles. The molecule has 5 aliphatic rings. The van der Waals surface area contributed by atoms with Gasteiger partial charge in [-0.3, -0.25) is 4.79 Å². The van der Waals surface area contributed by atoms with Gasteiger partial charge in [0.15, 0.2) is 0 Å². The summed E-state index contributed by atoms with van der Waals surface area (Å²) in [6, 6.07) is 8.18. The molecule has 4 nitrogen and oxygen atoms in total. The number of phenolic OH excluding ortho intramolecular Hbond substituents is 1. The average Bonchev–Trinajstić information content (AvgIpc) is 2.62. The third kappa shape index (κ3) is 2.65. The van der Waals surface area contributed by atoms with Gasteiger partial charge in [-0.1, -0.05) is 12.1 Å². The Labute approximate surface area is 155 Å². The molecular weight excluding hydrogens is 324 g/mol. The van der Waals surface area contributed by atoms with Gasteiger partial charge in [0, 0.05) is 6.04 Å². The van der Waals surface area contributed by atoms with Crippen molar-refractivity contribution in [1.29, 1.82) is 0 Å². The molecule has 2 unspecified atom stereocenters. The van der Waals surface area contributed by atoms with Crippen molar-refractivity contribution in [2.45, 2.75) is 62.8 Å². The number of benzene rings is 1. The molecule has 5 fully saturated rings. The van der Waals surface area contributed by atoms with Gasteiger partial charge in [0.1, 0.15) is 5.75 Å². The third-order valence-electron chi connectivity index (χ3n) is 7.70. The molecule has 4 heteroatoms. The molecule has 6 rings (SSSR count). The molecule has 1 aromatic rings. The molecule has 4 aliphatic carbocycles. The zero-order chi connectivity index (χ0) is 17.8. The van der Waals surface area contributed by atoms with E-state index in [0.717, 1.165) is 45.2 Å². The first-order valence-corrected chi connectivity index (χ1v) is 10.4. The number of rotatable bonds is 3. The first-order valence-electron chi connectivity index (χ1n) is 10.4. The monoisotopic (exact) mass is 354 g/mol. The van der Waals surface area contributed by atoms with E-state index in [0.29, 0.717) is 29.5 Å². The fraction of sp³-hybridized carbons (Fsp3) is 0.682. The molecule has 1 saturated heterocycles. The van der Waals surface area contributed by atoms with Crippen LogP contribution in [0.25, 0.3) is 0 Å². The summed E-state index contributed by atoms with van der Waals surface area (Å²) in [7, 11) is 0. The summed E-state index contributed by atoms with van der Waals surface area (Å²) in [6.07, 6.45) is 9.01. The van der Waals surface area contributed by atoms with Crippen LogP contribution < -0.4 is 10.6 Å². The van der Waals surface area contributed by atoms with Crippen LogP contribution in [0.5, 0.6) is 5.75 Å². The smallest absolute Gasteiger partial charge is 0.226 e. The predicted octanol–water partition coefficient (Wildman–Crippen LogP) is 3.10. The van der Waals surface area contributed by atoms with Crippen LogP contribution >= 0.6 is 0 Å². The Balaban J connectivity index is 1.42. The van der Waals surface area contributed by atoms with E-state index in [2.05, 4.69) is 22.8 Å². The summed E-state index contributed by atoms with van der Waals surface area (Å²) >= 11 is 0. The molecule has 1 heterocycles. The maximum absolute atomic E-state index is 13.4. The minimum Gasteiger partial charge on any atom is -0.508 e. The number of hydrogen-bond acceptors (Lipinski definition) is 3. The minimum atomic E-state index is -0.160. The zero-order valence-corrected chi connectivity index (χ0v) is 15.5. The van der Waals surface area contributed by atoms with Crippen molar-refractivity contribution >= 4 is 5.91 Å². The molecule has 2 atom stereocenters. The van der Waals surface area contributed by atoms with Crippen LogP contribution in [0.4, 0.5) is 0 Å². The van der Waals surface area contributed by atoms with Crippen LogP contribution in [0.3, 0.4) is 0 Å². The topological polar surface area (TPSA) is 61.4 Å². The fourth-order valence-electron chi connectivity index (χ4n) is 6.99. The number of phenols is 1. The van der Waals surface area contributed by atoms with Crippen LogP contribution in [0, 0.1) is 17.3 Å². The van der Waals surface area contributed by atoms with Gasteiger partial charge in [-0.25, -0.2) is 0 Å². The van der Waals surface area contributed by atoms with Crippen LogP contribution in [0.15, 0.2) is 24.3 Å². The number of amides is 1. The highest BCUT2D eigenvalue weighted by atomic mass is 16.3. The number of piperidine rings is 1. The van der Waals surface area contributed by atoms with E-state index < -0.39 is 0 Å². The Morgan fingerprint density at radius 1 is 1.04 bits per heavy atom. The maximum atomic E-state index is 13.4. The molecule has 0 radical (unpaired) electrons. The van der Waals surface area contributed by atoms with Gasteiger partial charge < -0.3 is 15.7 Å². The summed E-state index contributed by atoms with van der Waals surface area (Å²) in [6.45, 7) is 2.03. The van der Waals surface area contributed by atoms with Gasteiger partial charge in [-0.2, -0.15) is 0 Å². The Hall–Kier alpha value is -1.55. The summed E-state index contributed by atoms with van der Waals surface area (Å²) in [5.41, 5.74) is 1.32. The SMILES string of the molecule is O=C(NC1CCNCC1)C12CC3CC(C1)CC(c1ccc(O)cc1)(C3)C2. The highest BCUT2D eigenvalue weighted by Crippen LogP contribution is 2.65. The number of aromatic hydroxyl groups is 1. The van der Waals surface area contributed by atoms with Gasteiger partial charge in [-0.05, 0) is 99.4 Å². The minimum absolute atomic E-state index is 0.142. The summed E-state index contributed by atoms with van der Waals surface area (Å²) in [5.74, 6) is 2.03. The number of carbonyl (C=O) groups excluding carboxylic acids is 1. The zero-order valence-electron chi connectivity index (χ0n) is 15.5. The predicted molar refractivity (Wildman–Crippen MR) is 101 cm³/mol. The van der Waals surface area contributed by atoms with E-state index in [1.54, 1.807) is 0 Å². The lowest BCUT2D eigenvalue weighted by molar-refractivity contribution is -0.150. The Bertz CT molecular complexity index is 679. The Kier molecular flexibility index (Phi) is 3.82. The number of carbonyl (C=O) groups is 1. The second-order valence-corrected chi connectivity index (χ2v) is 9.57. The van der Waals surface area contributed by atoms with Gasteiger partial charge >= 0.3 is 0 Å². The average molecular weight is 354 g/mol. The van der Waals surface area contributed by atoms with Crippen LogP contribution in [0.2, 0.25) is 0 Å². The molecule has 1 aromatic carbocycles. The lowest BCUT2D eigenvalue weighted by Crippen LogP contribution is -2.60. The second kappa shape index (κ2) is 5.98. The Morgan fingerprint density at radius 2 is 1.69 bits per heavy atom. The molecule has 3 N–H and O–H groups in total. The van der Waals surface area contributed by atoms with E-state index >= 15 is 0 Å². The van der Waals surface area contributed by atoms with Gasteiger partial charge in [0.05, 0.1) is 5.41 Å². The molecule has 1 amide bonds. The van der Waals surface area contributed by atoms with Crippen molar-refractivity contribution in [3.8, 4) is 5.75 Å². The van der Waals surface area contributed by atoms with E-state index in [1.807, 2.05) is 12.1 Å². The summed E-state index contributed by atoms with van der Waals surface area (Å²) < 4.78 is 0. The van der Waals surface area contributed by atoms with E-state index in [-0.39, 0.29) is 10.8 Å². The van der Waals surface area contributed by atoms with Crippen molar-refractivity contribution in [2.24, 2.45) is 17.3 Å². The van der Waals surface area contributed by atoms with Crippen LogP contribution in [0.1, 0.15) is 56.9 Å². The standard InChI is InChI=1S/C22H30N2O2/c25-19-3-1-17(2-4-19)21-10-15-9-16(11-21)13-22(12-15,14-21)20(26)24-18-5-7-23-8-6-18/h1-4,15-16,18,23,25H,5-14H2,(H,24,26). The van der Waals surface area contributed by atoms with Gasteiger partial charge in [0.25, 0.3) is 0 Å². The molecule has 0 aromatic heterocycles. The molecular formula is C22H30N2O2. The largest absolute Gasteiger partial charge is 0.508 e. The molecule has 26 heavy (non-hydrogen) atoms. The number of hydrogen-bond donors (Lipinski definition) is 3. The summed E-state index contributed by atoms with van der Waals surface area (Å²) in [5, 5.41) is 16.5. The van der Waals surface area contributed by atoms with Crippen LogP contribution in [-0.4, -0.2) is 30.1 Å². The first-order chi connectivity index (χ1) is 12.6.